The second-order valence-electron chi connectivity index (χ2n) is 4.33. The molecule has 1 aliphatic carbocycles. The molecule has 0 unspecified atom stereocenters. The van der Waals surface area contributed by atoms with Gasteiger partial charge < -0.3 is 5.32 Å². The number of aromatic nitrogens is 2. The summed E-state index contributed by atoms with van der Waals surface area (Å²) in [6, 6.07) is 0. The number of hydrogen-bond acceptors (Lipinski definition) is 2. The Morgan fingerprint density at radius 2 is 2.40 bits per heavy atom. The number of rotatable bonds is 5. The van der Waals surface area contributed by atoms with Crippen molar-refractivity contribution in [3.63, 3.8) is 0 Å². The molecule has 1 saturated carbocycles. The van der Waals surface area contributed by atoms with Crippen LogP contribution >= 0.6 is 11.6 Å². The minimum absolute atomic E-state index is 0.204. The van der Waals surface area contributed by atoms with Crippen molar-refractivity contribution < 1.29 is 0 Å². The molecule has 0 aromatic carbocycles. The van der Waals surface area contributed by atoms with E-state index in [9.17, 15) is 0 Å². The van der Waals surface area contributed by atoms with Crippen LogP contribution in [0.25, 0.3) is 0 Å². The lowest BCUT2D eigenvalue weighted by molar-refractivity contribution is 0.211. The largest absolute Gasteiger partial charge is 0.306 e. The summed E-state index contributed by atoms with van der Waals surface area (Å²) in [5.41, 5.74) is 1.45. The van der Waals surface area contributed by atoms with Gasteiger partial charge in [0.2, 0.25) is 0 Å². The fraction of sp³-hybridized carbons (Fsp3) is 0.727. The van der Waals surface area contributed by atoms with Gasteiger partial charge in [-0.25, -0.2) is 0 Å². The van der Waals surface area contributed by atoms with Crippen LogP contribution in [0.15, 0.2) is 12.4 Å². The molecule has 1 fully saturated rings. The van der Waals surface area contributed by atoms with Crippen LogP contribution in [0, 0.1) is 0 Å². The van der Waals surface area contributed by atoms with Crippen molar-refractivity contribution in [2.24, 2.45) is 0 Å². The molecule has 0 saturated heterocycles. The summed E-state index contributed by atoms with van der Waals surface area (Å²) in [6.07, 6.45) is 7.73. The first-order chi connectivity index (χ1) is 7.28. The molecule has 0 bridgehead atoms. The molecule has 0 aliphatic heterocycles. The van der Waals surface area contributed by atoms with Crippen molar-refractivity contribution in [3.8, 4) is 0 Å². The van der Waals surface area contributed by atoms with E-state index in [2.05, 4.69) is 23.5 Å². The Morgan fingerprint density at radius 1 is 1.60 bits per heavy atom. The first-order valence-corrected chi connectivity index (χ1v) is 6.14. The van der Waals surface area contributed by atoms with E-state index in [1.54, 1.807) is 0 Å². The zero-order valence-corrected chi connectivity index (χ0v) is 9.93. The molecule has 1 aromatic heterocycles. The highest BCUT2D eigenvalue weighted by molar-refractivity contribution is 6.18. The first kappa shape index (κ1) is 11.0. The van der Waals surface area contributed by atoms with Gasteiger partial charge in [0.1, 0.15) is 0 Å². The van der Waals surface area contributed by atoms with Gasteiger partial charge in [-0.3, -0.25) is 4.68 Å². The van der Waals surface area contributed by atoms with Crippen molar-refractivity contribution >= 4 is 11.6 Å². The molecule has 0 radical (unpaired) electrons. The Labute approximate surface area is 95.8 Å². The predicted octanol–water partition coefficient (Wildman–Crippen LogP) is 2.15. The molecule has 15 heavy (non-hydrogen) atoms. The molecule has 0 spiro atoms. The van der Waals surface area contributed by atoms with Gasteiger partial charge in [0.25, 0.3) is 0 Å². The van der Waals surface area contributed by atoms with Crippen LogP contribution in [0.3, 0.4) is 0 Å². The van der Waals surface area contributed by atoms with Crippen molar-refractivity contribution in [1.82, 2.24) is 15.1 Å². The number of nitrogens with one attached hydrogen (secondary N) is 1. The molecule has 4 heteroatoms. The third kappa shape index (κ3) is 2.34. The second-order valence-corrected chi connectivity index (χ2v) is 4.59. The quantitative estimate of drug-likeness (QED) is 0.782. The average molecular weight is 228 g/mol. The smallest absolute Gasteiger partial charge is 0.0534 e. The van der Waals surface area contributed by atoms with Crippen molar-refractivity contribution in [2.45, 2.75) is 44.8 Å². The molecule has 0 amide bonds. The van der Waals surface area contributed by atoms with E-state index in [0.29, 0.717) is 0 Å². The molecule has 0 atom stereocenters. The van der Waals surface area contributed by atoms with Gasteiger partial charge in [0, 0.05) is 36.3 Å². The highest BCUT2D eigenvalue weighted by Crippen LogP contribution is 2.33. The van der Waals surface area contributed by atoms with Gasteiger partial charge in [-0.2, -0.15) is 5.10 Å². The van der Waals surface area contributed by atoms with Crippen LogP contribution < -0.4 is 5.32 Å². The van der Waals surface area contributed by atoms with Crippen LogP contribution in [-0.2, 0) is 13.1 Å². The van der Waals surface area contributed by atoms with Gasteiger partial charge in [-0.1, -0.05) is 0 Å². The number of alkyl halides is 1. The number of aryl methyl sites for hydroxylation is 1. The Kier molecular flexibility index (Phi) is 3.32. The molecular weight excluding hydrogens is 210 g/mol. The minimum Gasteiger partial charge on any atom is -0.306 e. The Hall–Kier alpha value is -0.540. The fourth-order valence-electron chi connectivity index (χ4n) is 1.92. The van der Waals surface area contributed by atoms with Crippen LogP contribution in [0.4, 0.5) is 0 Å². The lowest BCUT2D eigenvalue weighted by Gasteiger charge is -2.41. The second kappa shape index (κ2) is 4.54. The van der Waals surface area contributed by atoms with Crippen molar-refractivity contribution in [2.75, 3.05) is 5.88 Å². The molecule has 1 N–H and O–H groups in total. The van der Waals surface area contributed by atoms with E-state index < -0.39 is 0 Å². The van der Waals surface area contributed by atoms with Crippen molar-refractivity contribution in [3.05, 3.63) is 18.0 Å². The molecule has 1 aromatic rings. The maximum Gasteiger partial charge on any atom is 0.0534 e. The number of halogens is 1. The summed E-state index contributed by atoms with van der Waals surface area (Å²) in [6.45, 7) is 3.91. The van der Waals surface area contributed by atoms with Crippen LogP contribution in [0.1, 0.15) is 31.7 Å². The van der Waals surface area contributed by atoms with E-state index in [-0.39, 0.29) is 5.54 Å². The third-order valence-corrected chi connectivity index (χ3v) is 3.76. The van der Waals surface area contributed by atoms with Crippen LogP contribution in [0.5, 0.6) is 0 Å². The van der Waals surface area contributed by atoms with Gasteiger partial charge >= 0.3 is 0 Å². The van der Waals surface area contributed by atoms with E-state index in [0.717, 1.165) is 19.0 Å². The molecule has 2 rings (SSSR count). The van der Waals surface area contributed by atoms with Gasteiger partial charge in [-0.05, 0) is 26.2 Å². The summed E-state index contributed by atoms with van der Waals surface area (Å²) in [4.78, 5) is 0. The van der Waals surface area contributed by atoms with E-state index in [1.165, 1.54) is 24.8 Å². The summed E-state index contributed by atoms with van der Waals surface area (Å²) < 4.78 is 1.95. The SMILES string of the molecule is CCn1cc(CNC2(CCl)CCC2)cn1. The highest BCUT2D eigenvalue weighted by Gasteiger charge is 2.35. The third-order valence-electron chi connectivity index (χ3n) is 3.24. The summed E-state index contributed by atoms with van der Waals surface area (Å²) in [7, 11) is 0. The summed E-state index contributed by atoms with van der Waals surface area (Å²) in [5, 5.41) is 7.80. The maximum absolute atomic E-state index is 5.98. The van der Waals surface area contributed by atoms with E-state index in [4.69, 9.17) is 11.6 Å². The summed E-state index contributed by atoms with van der Waals surface area (Å²) in [5.74, 6) is 0.717. The van der Waals surface area contributed by atoms with Crippen LogP contribution in [0.2, 0.25) is 0 Å². The zero-order chi connectivity index (χ0) is 10.7. The van der Waals surface area contributed by atoms with E-state index >= 15 is 0 Å². The maximum atomic E-state index is 5.98. The number of nitrogens with zero attached hydrogens (tertiary/aromatic N) is 2. The Bertz CT molecular complexity index is 312. The monoisotopic (exact) mass is 227 g/mol. The summed E-state index contributed by atoms with van der Waals surface area (Å²) >= 11 is 5.98. The average Bonchev–Trinajstić information content (AvgIpc) is 2.65. The predicted molar refractivity (Wildman–Crippen MR) is 62.0 cm³/mol. The highest BCUT2D eigenvalue weighted by atomic mass is 35.5. The molecule has 3 nitrogen and oxygen atoms in total. The zero-order valence-electron chi connectivity index (χ0n) is 9.17. The lowest BCUT2D eigenvalue weighted by atomic mass is 9.78. The molecule has 1 aliphatic rings. The topological polar surface area (TPSA) is 29.9 Å². The van der Waals surface area contributed by atoms with Gasteiger partial charge in [-0.15, -0.1) is 11.6 Å². The van der Waals surface area contributed by atoms with Crippen molar-refractivity contribution in [1.29, 1.82) is 0 Å². The fourth-order valence-corrected chi connectivity index (χ4v) is 2.28. The van der Waals surface area contributed by atoms with Gasteiger partial charge in [0.05, 0.1) is 6.20 Å². The standard InChI is InChI=1S/C11H18ClN3/c1-2-15-8-10(7-14-15)6-13-11(9-12)4-3-5-11/h7-8,13H,2-6,9H2,1H3. The molecular formula is C11H18ClN3. The normalized spacial score (nSPS) is 18.8. The Morgan fingerprint density at radius 3 is 2.87 bits per heavy atom. The van der Waals surface area contributed by atoms with Gasteiger partial charge in [0.15, 0.2) is 0 Å². The first-order valence-electron chi connectivity index (χ1n) is 5.60. The number of hydrogen-bond donors (Lipinski definition) is 1. The minimum atomic E-state index is 0.204. The lowest BCUT2D eigenvalue weighted by Crippen LogP contribution is -2.52. The Balaban J connectivity index is 1.86. The molecule has 84 valence electrons. The van der Waals surface area contributed by atoms with E-state index in [1.807, 2.05) is 10.9 Å². The molecule has 1 heterocycles. The van der Waals surface area contributed by atoms with Crippen LogP contribution in [-0.4, -0.2) is 21.2 Å².